The summed E-state index contributed by atoms with van der Waals surface area (Å²) in [7, 11) is 0. The zero-order valence-electron chi connectivity index (χ0n) is 8.99. The van der Waals surface area contributed by atoms with Crippen molar-refractivity contribution in [1.29, 1.82) is 0 Å². The van der Waals surface area contributed by atoms with Gasteiger partial charge in [-0.05, 0) is 19.1 Å². The van der Waals surface area contributed by atoms with E-state index in [1.54, 1.807) is 6.20 Å². The number of allylic oxidation sites excluding steroid dienone is 1. The van der Waals surface area contributed by atoms with E-state index in [1.165, 1.54) is 0 Å². The van der Waals surface area contributed by atoms with Crippen LogP contribution >= 0.6 is 0 Å². The van der Waals surface area contributed by atoms with Crippen molar-refractivity contribution >= 4 is 11.4 Å². The number of aromatic nitrogens is 1. The Balaban J connectivity index is 0.000000461. The molecule has 0 fully saturated rings. The molecule has 0 aliphatic carbocycles. The van der Waals surface area contributed by atoms with Gasteiger partial charge < -0.3 is 0 Å². The van der Waals surface area contributed by atoms with Crippen LogP contribution in [0.3, 0.4) is 0 Å². The lowest BCUT2D eigenvalue weighted by atomic mass is 10.2. The SMILES string of the molecule is CC.CC1=NC(c2ccccn2)=CC1. The highest BCUT2D eigenvalue weighted by Gasteiger charge is 2.06. The Labute approximate surface area is 85.4 Å². The number of nitrogens with zero attached hydrogens (tertiary/aromatic N) is 2. The molecule has 0 radical (unpaired) electrons. The van der Waals surface area contributed by atoms with Crippen LogP contribution in [-0.2, 0) is 0 Å². The lowest BCUT2D eigenvalue weighted by Gasteiger charge is -1.95. The van der Waals surface area contributed by atoms with Crippen LogP contribution in [0.1, 0.15) is 32.9 Å². The minimum absolute atomic E-state index is 0.964. The van der Waals surface area contributed by atoms with Crippen LogP contribution in [0.2, 0.25) is 0 Å². The summed E-state index contributed by atoms with van der Waals surface area (Å²) in [6.45, 7) is 6.03. The van der Waals surface area contributed by atoms with E-state index >= 15 is 0 Å². The third-order valence-corrected chi connectivity index (χ3v) is 1.83. The molecule has 2 heteroatoms. The van der Waals surface area contributed by atoms with Crippen molar-refractivity contribution < 1.29 is 0 Å². The quantitative estimate of drug-likeness (QED) is 0.663. The van der Waals surface area contributed by atoms with Gasteiger partial charge in [-0.2, -0.15) is 0 Å². The van der Waals surface area contributed by atoms with Gasteiger partial charge in [-0.3, -0.25) is 9.98 Å². The normalized spacial score (nSPS) is 13.9. The number of pyridine rings is 1. The molecule has 0 bridgehead atoms. The minimum Gasteiger partial charge on any atom is -0.256 e. The molecule has 2 nitrogen and oxygen atoms in total. The van der Waals surface area contributed by atoms with E-state index in [-0.39, 0.29) is 0 Å². The molecule has 0 aromatic carbocycles. The first-order valence-electron chi connectivity index (χ1n) is 5.02. The van der Waals surface area contributed by atoms with Crippen LogP contribution in [0.4, 0.5) is 0 Å². The molecule has 0 N–H and O–H groups in total. The van der Waals surface area contributed by atoms with E-state index in [0.717, 1.165) is 23.5 Å². The highest BCUT2D eigenvalue weighted by Crippen LogP contribution is 2.19. The predicted octanol–water partition coefficient (Wildman–Crippen LogP) is 3.31. The van der Waals surface area contributed by atoms with Gasteiger partial charge in [0.05, 0.1) is 11.4 Å². The van der Waals surface area contributed by atoms with Gasteiger partial charge in [0, 0.05) is 18.3 Å². The lowest BCUT2D eigenvalue weighted by molar-refractivity contribution is 1.26. The Hall–Kier alpha value is -1.44. The van der Waals surface area contributed by atoms with Gasteiger partial charge >= 0.3 is 0 Å². The summed E-state index contributed by atoms with van der Waals surface area (Å²) in [5, 5.41) is 0. The number of hydrogen-bond donors (Lipinski definition) is 0. The maximum absolute atomic E-state index is 4.37. The van der Waals surface area contributed by atoms with Crippen LogP contribution in [0, 0.1) is 0 Å². The van der Waals surface area contributed by atoms with Crippen LogP contribution in [0.25, 0.3) is 5.70 Å². The molecule has 1 aliphatic rings. The molecule has 0 atom stereocenters. The second-order valence-electron chi connectivity index (χ2n) is 2.86. The lowest BCUT2D eigenvalue weighted by Crippen LogP contribution is -1.83. The Morgan fingerprint density at radius 3 is 2.50 bits per heavy atom. The van der Waals surface area contributed by atoms with Crippen molar-refractivity contribution in [2.75, 3.05) is 0 Å². The van der Waals surface area contributed by atoms with Crippen molar-refractivity contribution in [3.05, 3.63) is 36.2 Å². The third kappa shape index (κ3) is 2.52. The van der Waals surface area contributed by atoms with Gasteiger partial charge in [0.2, 0.25) is 0 Å². The summed E-state index contributed by atoms with van der Waals surface area (Å²) < 4.78 is 0. The summed E-state index contributed by atoms with van der Waals surface area (Å²) in [5.74, 6) is 0. The standard InChI is InChI=1S/C10H10N2.C2H6/c1-8-5-6-10(12-8)9-4-2-3-7-11-9;1-2/h2-4,6-7H,5H2,1H3;1-2H3. The summed E-state index contributed by atoms with van der Waals surface area (Å²) in [5.41, 5.74) is 3.14. The maximum atomic E-state index is 4.37. The molecule has 1 aliphatic heterocycles. The molecule has 74 valence electrons. The number of rotatable bonds is 1. The zero-order valence-corrected chi connectivity index (χ0v) is 8.99. The second-order valence-corrected chi connectivity index (χ2v) is 2.86. The molecule has 0 unspecified atom stereocenters. The van der Waals surface area contributed by atoms with E-state index in [2.05, 4.69) is 16.1 Å². The van der Waals surface area contributed by atoms with Crippen molar-refractivity contribution in [1.82, 2.24) is 4.98 Å². The predicted molar refractivity (Wildman–Crippen MR) is 61.3 cm³/mol. The van der Waals surface area contributed by atoms with Gasteiger partial charge in [-0.25, -0.2) is 0 Å². The molecule has 0 saturated heterocycles. The first-order valence-corrected chi connectivity index (χ1v) is 5.02. The molecular weight excluding hydrogens is 172 g/mol. The van der Waals surface area contributed by atoms with Gasteiger partial charge in [0.25, 0.3) is 0 Å². The van der Waals surface area contributed by atoms with Gasteiger partial charge in [0.1, 0.15) is 0 Å². The van der Waals surface area contributed by atoms with Gasteiger partial charge in [-0.1, -0.05) is 26.0 Å². The summed E-state index contributed by atoms with van der Waals surface area (Å²) in [4.78, 5) is 8.59. The van der Waals surface area contributed by atoms with Crippen molar-refractivity contribution in [2.24, 2.45) is 4.99 Å². The molecule has 1 aromatic heterocycles. The fourth-order valence-corrected chi connectivity index (χ4v) is 1.22. The van der Waals surface area contributed by atoms with Crippen molar-refractivity contribution in [3.63, 3.8) is 0 Å². The van der Waals surface area contributed by atoms with E-state index in [0.29, 0.717) is 0 Å². The molecule has 14 heavy (non-hydrogen) atoms. The molecule has 0 spiro atoms. The molecule has 0 saturated carbocycles. The molecule has 1 aromatic rings. The first kappa shape index (κ1) is 10.6. The summed E-state index contributed by atoms with van der Waals surface area (Å²) >= 11 is 0. The Kier molecular flexibility index (Phi) is 4.05. The van der Waals surface area contributed by atoms with Crippen LogP contribution in [-0.4, -0.2) is 10.7 Å². The molecule has 0 amide bonds. The zero-order chi connectivity index (χ0) is 10.4. The monoisotopic (exact) mass is 188 g/mol. The van der Waals surface area contributed by atoms with Gasteiger partial charge in [0.15, 0.2) is 0 Å². The van der Waals surface area contributed by atoms with Crippen molar-refractivity contribution in [3.8, 4) is 0 Å². The third-order valence-electron chi connectivity index (χ3n) is 1.83. The minimum atomic E-state index is 0.964. The Morgan fingerprint density at radius 1 is 1.21 bits per heavy atom. The molecule has 2 heterocycles. The molecule has 2 rings (SSSR count). The smallest absolute Gasteiger partial charge is 0.0882 e. The average molecular weight is 188 g/mol. The fraction of sp³-hybridized carbons (Fsp3) is 0.333. The summed E-state index contributed by atoms with van der Waals surface area (Å²) in [6, 6.07) is 5.87. The van der Waals surface area contributed by atoms with E-state index in [9.17, 15) is 0 Å². The van der Waals surface area contributed by atoms with Crippen molar-refractivity contribution in [2.45, 2.75) is 27.2 Å². The van der Waals surface area contributed by atoms with Crippen LogP contribution in [0.5, 0.6) is 0 Å². The summed E-state index contributed by atoms with van der Waals surface area (Å²) in [6.07, 6.45) is 4.86. The number of hydrogen-bond acceptors (Lipinski definition) is 2. The highest BCUT2D eigenvalue weighted by molar-refractivity contribution is 5.93. The van der Waals surface area contributed by atoms with E-state index in [1.807, 2.05) is 39.0 Å². The highest BCUT2D eigenvalue weighted by atomic mass is 14.8. The Morgan fingerprint density at radius 2 is 2.00 bits per heavy atom. The average Bonchev–Trinajstić information content (AvgIpc) is 2.69. The van der Waals surface area contributed by atoms with Crippen LogP contribution in [0.15, 0.2) is 35.5 Å². The van der Waals surface area contributed by atoms with E-state index < -0.39 is 0 Å². The molecular formula is C12H16N2. The first-order chi connectivity index (χ1) is 6.86. The van der Waals surface area contributed by atoms with Gasteiger partial charge in [-0.15, -0.1) is 0 Å². The maximum Gasteiger partial charge on any atom is 0.0882 e. The topological polar surface area (TPSA) is 25.2 Å². The van der Waals surface area contributed by atoms with E-state index in [4.69, 9.17) is 0 Å². The largest absolute Gasteiger partial charge is 0.256 e. The number of aliphatic imine (C=N–C) groups is 1. The Bertz CT molecular complexity index is 337. The second kappa shape index (κ2) is 5.32. The fourth-order valence-electron chi connectivity index (χ4n) is 1.22. The van der Waals surface area contributed by atoms with Crippen LogP contribution < -0.4 is 0 Å².